The van der Waals surface area contributed by atoms with Crippen molar-refractivity contribution in [3.63, 3.8) is 0 Å². The Bertz CT molecular complexity index is 353. The fourth-order valence-corrected chi connectivity index (χ4v) is 2.97. The molecule has 0 aromatic rings. The highest BCUT2D eigenvalue weighted by atomic mass is 16.3. The third kappa shape index (κ3) is 3.66. The van der Waals surface area contributed by atoms with Crippen LogP contribution in [-0.4, -0.2) is 58.2 Å². The topological polar surface area (TPSA) is 63.9 Å². The van der Waals surface area contributed by atoms with E-state index in [1.807, 2.05) is 0 Å². The van der Waals surface area contributed by atoms with Gasteiger partial charge in [-0.15, -0.1) is 0 Å². The van der Waals surface area contributed by atoms with E-state index in [2.05, 4.69) is 30.1 Å². The van der Waals surface area contributed by atoms with Crippen molar-refractivity contribution < 1.29 is 15.3 Å². The Morgan fingerprint density at radius 1 is 1.32 bits per heavy atom. The van der Waals surface area contributed by atoms with Crippen LogP contribution >= 0.6 is 0 Å². The van der Waals surface area contributed by atoms with Gasteiger partial charge in [-0.3, -0.25) is 4.90 Å². The molecule has 0 saturated carbocycles. The van der Waals surface area contributed by atoms with Gasteiger partial charge in [-0.2, -0.15) is 0 Å². The molecule has 4 nitrogen and oxygen atoms in total. The summed E-state index contributed by atoms with van der Waals surface area (Å²) in [6.07, 6.45) is 7.89. The Morgan fingerprint density at radius 3 is 2.74 bits per heavy atom. The first-order valence-corrected chi connectivity index (χ1v) is 7.19. The van der Waals surface area contributed by atoms with Gasteiger partial charge in [-0.05, 0) is 30.8 Å². The van der Waals surface area contributed by atoms with Crippen molar-refractivity contribution in [3.05, 3.63) is 23.8 Å². The third-order valence-corrected chi connectivity index (χ3v) is 4.21. The predicted octanol–water partition coefficient (Wildman–Crippen LogP) is 0.687. The van der Waals surface area contributed by atoms with Crippen LogP contribution in [-0.2, 0) is 0 Å². The number of likely N-dealkylation sites (tertiary alicyclic amines) is 1. The van der Waals surface area contributed by atoms with Crippen LogP contribution in [0.15, 0.2) is 23.8 Å². The molecule has 108 valence electrons. The summed E-state index contributed by atoms with van der Waals surface area (Å²) in [4.78, 5) is 2.10. The van der Waals surface area contributed by atoms with Gasteiger partial charge in [-0.25, -0.2) is 0 Å². The van der Waals surface area contributed by atoms with E-state index in [4.69, 9.17) is 0 Å². The zero-order chi connectivity index (χ0) is 13.8. The molecule has 0 aromatic heterocycles. The molecule has 19 heavy (non-hydrogen) atoms. The van der Waals surface area contributed by atoms with Crippen molar-refractivity contribution in [1.82, 2.24) is 4.90 Å². The lowest BCUT2D eigenvalue weighted by molar-refractivity contribution is -0.0729. The largest absolute Gasteiger partial charge is 0.395 e. The molecule has 0 radical (unpaired) electrons. The second-order valence-electron chi connectivity index (χ2n) is 5.75. The highest BCUT2D eigenvalue weighted by Crippen LogP contribution is 2.24. The lowest BCUT2D eigenvalue weighted by Gasteiger charge is -2.41. The second-order valence-corrected chi connectivity index (χ2v) is 5.75. The molecule has 2 aliphatic rings. The number of β-amino-alcohol motifs (C(OH)–C–C–N with tert-alkyl or cyclic N) is 1. The fourth-order valence-electron chi connectivity index (χ4n) is 2.97. The van der Waals surface area contributed by atoms with Gasteiger partial charge in [0.25, 0.3) is 0 Å². The Kier molecular flexibility index (Phi) is 5.16. The number of allylic oxidation sites excluding steroid dienone is 3. The van der Waals surface area contributed by atoms with Crippen molar-refractivity contribution in [2.24, 2.45) is 5.92 Å². The number of hydrogen-bond acceptors (Lipinski definition) is 4. The Hall–Kier alpha value is -0.680. The van der Waals surface area contributed by atoms with Crippen LogP contribution in [0, 0.1) is 5.92 Å². The average Bonchev–Trinajstić information content (AvgIpc) is 2.43. The van der Waals surface area contributed by atoms with Gasteiger partial charge in [0.1, 0.15) is 0 Å². The van der Waals surface area contributed by atoms with Crippen molar-refractivity contribution in [2.45, 2.75) is 44.4 Å². The summed E-state index contributed by atoms with van der Waals surface area (Å²) < 4.78 is 0. The molecule has 2 rings (SSSR count). The molecule has 1 heterocycles. The van der Waals surface area contributed by atoms with Crippen LogP contribution < -0.4 is 0 Å². The molecule has 1 aliphatic heterocycles. The van der Waals surface area contributed by atoms with Crippen LogP contribution in [0.1, 0.15) is 26.2 Å². The summed E-state index contributed by atoms with van der Waals surface area (Å²) in [5.74, 6) is 0.382. The summed E-state index contributed by atoms with van der Waals surface area (Å²) in [5, 5.41) is 28.9. The number of rotatable bonds is 4. The van der Waals surface area contributed by atoms with Crippen LogP contribution in [0.4, 0.5) is 0 Å². The lowest BCUT2D eigenvalue weighted by Crippen LogP contribution is -2.54. The van der Waals surface area contributed by atoms with E-state index in [0.717, 1.165) is 19.4 Å². The molecule has 2 unspecified atom stereocenters. The van der Waals surface area contributed by atoms with Crippen molar-refractivity contribution in [1.29, 1.82) is 0 Å². The second kappa shape index (κ2) is 6.66. The minimum absolute atomic E-state index is 0.0331. The van der Waals surface area contributed by atoms with E-state index >= 15 is 0 Å². The molecule has 1 fully saturated rings. The van der Waals surface area contributed by atoms with Crippen LogP contribution in [0.25, 0.3) is 0 Å². The van der Waals surface area contributed by atoms with Crippen molar-refractivity contribution >= 4 is 0 Å². The number of aliphatic hydroxyl groups is 3. The Labute approximate surface area is 115 Å². The van der Waals surface area contributed by atoms with Gasteiger partial charge < -0.3 is 15.3 Å². The summed E-state index contributed by atoms with van der Waals surface area (Å²) in [5.41, 5.74) is 1.34. The SMILES string of the molecule is CC(CN1C[C@H](O)C(O)C[C@@H]1CO)C1=CCCC=C1. The molecule has 4 atom stereocenters. The number of hydrogen-bond donors (Lipinski definition) is 3. The summed E-state index contributed by atoms with van der Waals surface area (Å²) >= 11 is 0. The molecule has 4 heteroatoms. The smallest absolute Gasteiger partial charge is 0.0926 e. The first kappa shape index (κ1) is 14.7. The summed E-state index contributed by atoms with van der Waals surface area (Å²) in [7, 11) is 0. The van der Waals surface area contributed by atoms with E-state index in [1.165, 1.54) is 5.57 Å². The lowest BCUT2D eigenvalue weighted by atomic mass is 9.92. The quantitative estimate of drug-likeness (QED) is 0.701. The van der Waals surface area contributed by atoms with Crippen molar-refractivity contribution in [2.75, 3.05) is 19.7 Å². The summed E-state index contributed by atoms with van der Waals surface area (Å²) in [6.45, 7) is 3.46. The highest BCUT2D eigenvalue weighted by molar-refractivity contribution is 5.24. The minimum atomic E-state index is -0.711. The maximum atomic E-state index is 9.78. The van der Waals surface area contributed by atoms with Crippen LogP contribution in [0.5, 0.6) is 0 Å². The first-order valence-electron chi connectivity index (χ1n) is 7.19. The number of aliphatic hydroxyl groups excluding tert-OH is 3. The first-order chi connectivity index (χ1) is 9.11. The molecule has 3 N–H and O–H groups in total. The van der Waals surface area contributed by atoms with Gasteiger partial charge in [-0.1, -0.05) is 25.2 Å². The zero-order valence-electron chi connectivity index (χ0n) is 11.6. The maximum absolute atomic E-state index is 9.78. The standard InChI is InChI=1S/C15H25NO3/c1-11(12-5-3-2-4-6-12)8-16-9-15(19)14(18)7-13(16)10-17/h3,5-6,11,13-15,17-19H,2,4,7-10H2,1H3/t11?,13-,14?,15+/m1/s1. The molecule has 0 amide bonds. The molecular formula is C15H25NO3. The predicted molar refractivity (Wildman–Crippen MR) is 74.7 cm³/mol. The normalized spacial score (nSPS) is 34.1. The van der Waals surface area contributed by atoms with Gasteiger partial charge >= 0.3 is 0 Å². The van der Waals surface area contributed by atoms with Gasteiger partial charge in [0.15, 0.2) is 0 Å². The zero-order valence-corrected chi connectivity index (χ0v) is 11.6. The van der Waals surface area contributed by atoms with E-state index in [-0.39, 0.29) is 12.6 Å². The van der Waals surface area contributed by atoms with Crippen molar-refractivity contribution in [3.8, 4) is 0 Å². The molecule has 1 saturated heterocycles. The Morgan fingerprint density at radius 2 is 2.11 bits per heavy atom. The number of nitrogens with zero attached hydrogens (tertiary/aromatic N) is 1. The van der Waals surface area contributed by atoms with Crippen LogP contribution in [0.2, 0.25) is 0 Å². The highest BCUT2D eigenvalue weighted by Gasteiger charge is 2.33. The molecule has 0 bridgehead atoms. The van der Waals surface area contributed by atoms with Crippen LogP contribution in [0.3, 0.4) is 0 Å². The fraction of sp³-hybridized carbons (Fsp3) is 0.733. The van der Waals surface area contributed by atoms with E-state index in [0.29, 0.717) is 18.9 Å². The molecule has 0 spiro atoms. The molecular weight excluding hydrogens is 242 g/mol. The summed E-state index contributed by atoms with van der Waals surface area (Å²) in [6, 6.07) is -0.0472. The third-order valence-electron chi connectivity index (χ3n) is 4.21. The average molecular weight is 267 g/mol. The van der Waals surface area contributed by atoms with E-state index < -0.39 is 12.2 Å². The number of piperidine rings is 1. The minimum Gasteiger partial charge on any atom is -0.395 e. The van der Waals surface area contributed by atoms with Gasteiger partial charge in [0, 0.05) is 19.1 Å². The molecule has 1 aliphatic carbocycles. The Balaban J connectivity index is 1.96. The maximum Gasteiger partial charge on any atom is 0.0926 e. The molecule has 0 aromatic carbocycles. The van der Waals surface area contributed by atoms with Gasteiger partial charge in [0.2, 0.25) is 0 Å². The van der Waals surface area contributed by atoms with E-state index in [9.17, 15) is 15.3 Å². The van der Waals surface area contributed by atoms with E-state index in [1.54, 1.807) is 0 Å². The van der Waals surface area contributed by atoms with Gasteiger partial charge in [0.05, 0.1) is 18.8 Å². The monoisotopic (exact) mass is 267 g/mol.